The van der Waals surface area contributed by atoms with Gasteiger partial charge in [0.15, 0.2) is 5.78 Å². The van der Waals surface area contributed by atoms with Gasteiger partial charge in [-0.15, -0.1) is 0 Å². The predicted octanol–water partition coefficient (Wildman–Crippen LogP) is 1.91. The number of Topliss-reactive ketones (excluding diaryl/α,β-unsaturated/α-hetero) is 1. The van der Waals surface area contributed by atoms with Gasteiger partial charge >= 0.3 is 0 Å². The number of pyridine rings is 1. The summed E-state index contributed by atoms with van der Waals surface area (Å²) < 4.78 is 0. The normalized spacial score (nSPS) is 10.8. The van der Waals surface area contributed by atoms with E-state index in [1.807, 2.05) is 19.2 Å². The SMILES string of the molecule is CNCCC=Cc1cncc(C(C)=O)c1. The van der Waals surface area contributed by atoms with Crippen molar-refractivity contribution in [1.82, 2.24) is 10.3 Å². The Morgan fingerprint density at radius 2 is 2.33 bits per heavy atom. The third-order valence-corrected chi connectivity index (χ3v) is 2.04. The second-order valence-corrected chi connectivity index (χ2v) is 3.36. The van der Waals surface area contributed by atoms with E-state index in [1.165, 1.54) is 0 Å². The molecule has 3 nitrogen and oxygen atoms in total. The zero-order valence-electron chi connectivity index (χ0n) is 9.16. The molecule has 0 atom stereocenters. The highest BCUT2D eigenvalue weighted by atomic mass is 16.1. The Morgan fingerprint density at radius 1 is 1.53 bits per heavy atom. The van der Waals surface area contributed by atoms with Crippen LogP contribution in [0.3, 0.4) is 0 Å². The van der Waals surface area contributed by atoms with Crippen LogP contribution in [0.15, 0.2) is 24.5 Å². The number of carbonyl (C=O) groups excluding carboxylic acids is 1. The molecule has 0 spiro atoms. The van der Waals surface area contributed by atoms with Crippen LogP contribution < -0.4 is 5.32 Å². The Kier molecular flexibility index (Phi) is 4.71. The van der Waals surface area contributed by atoms with Crippen LogP contribution in [0.1, 0.15) is 29.3 Å². The van der Waals surface area contributed by atoms with Gasteiger partial charge in [-0.3, -0.25) is 9.78 Å². The fourth-order valence-corrected chi connectivity index (χ4v) is 1.19. The Hall–Kier alpha value is -1.48. The van der Waals surface area contributed by atoms with E-state index in [4.69, 9.17) is 0 Å². The molecule has 1 aromatic rings. The van der Waals surface area contributed by atoms with E-state index >= 15 is 0 Å². The maximum atomic E-state index is 11.1. The molecule has 0 amide bonds. The van der Waals surface area contributed by atoms with Gasteiger partial charge in [0, 0.05) is 18.0 Å². The Labute approximate surface area is 90.2 Å². The summed E-state index contributed by atoms with van der Waals surface area (Å²) in [5.41, 5.74) is 1.63. The highest BCUT2D eigenvalue weighted by Gasteiger charge is 1.98. The third kappa shape index (κ3) is 4.04. The molecular formula is C12H16N2O. The third-order valence-electron chi connectivity index (χ3n) is 2.04. The van der Waals surface area contributed by atoms with Crippen LogP contribution >= 0.6 is 0 Å². The minimum atomic E-state index is 0.0491. The molecule has 3 heteroatoms. The number of ketones is 1. The lowest BCUT2D eigenvalue weighted by Crippen LogP contribution is -2.05. The average molecular weight is 204 g/mol. The van der Waals surface area contributed by atoms with E-state index in [0.29, 0.717) is 5.56 Å². The molecule has 80 valence electrons. The Balaban J connectivity index is 2.65. The van der Waals surface area contributed by atoms with Gasteiger partial charge in [-0.05, 0) is 38.6 Å². The molecule has 0 saturated carbocycles. The lowest BCUT2D eigenvalue weighted by Gasteiger charge is -1.97. The quantitative estimate of drug-likeness (QED) is 0.588. The number of hydrogen-bond donors (Lipinski definition) is 1. The second-order valence-electron chi connectivity index (χ2n) is 3.36. The van der Waals surface area contributed by atoms with E-state index in [9.17, 15) is 4.79 Å². The van der Waals surface area contributed by atoms with Gasteiger partial charge in [0.05, 0.1) is 0 Å². The second kappa shape index (κ2) is 6.09. The standard InChI is InChI=1S/C12H16N2O/c1-10(15)12-7-11(8-14-9-12)5-3-4-6-13-2/h3,5,7-9,13H,4,6H2,1-2H3. The van der Waals surface area contributed by atoms with Gasteiger partial charge in [0.2, 0.25) is 0 Å². The number of aromatic nitrogens is 1. The lowest BCUT2D eigenvalue weighted by molar-refractivity contribution is 0.101. The largest absolute Gasteiger partial charge is 0.319 e. The smallest absolute Gasteiger partial charge is 0.161 e. The molecule has 0 aliphatic carbocycles. The van der Waals surface area contributed by atoms with Crippen molar-refractivity contribution >= 4 is 11.9 Å². The lowest BCUT2D eigenvalue weighted by atomic mass is 10.1. The van der Waals surface area contributed by atoms with Crippen LogP contribution in [0.25, 0.3) is 6.08 Å². The maximum Gasteiger partial charge on any atom is 0.161 e. The molecule has 0 radical (unpaired) electrons. The molecule has 0 bridgehead atoms. The summed E-state index contributed by atoms with van der Waals surface area (Å²) in [6.45, 7) is 2.50. The first-order chi connectivity index (χ1) is 7.24. The first kappa shape index (κ1) is 11.6. The topological polar surface area (TPSA) is 42.0 Å². The summed E-state index contributed by atoms with van der Waals surface area (Å²) in [6.07, 6.45) is 8.37. The number of carbonyl (C=O) groups is 1. The van der Waals surface area contributed by atoms with Crippen molar-refractivity contribution in [2.75, 3.05) is 13.6 Å². The molecule has 0 aliphatic rings. The minimum Gasteiger partial charge on any atom is -0.319 e. The Morgan fingerprint density at radius 3 is 3.00 bits per heavy atom. The molecule has 1 heterocycles. The zero-order chi connectivity index (χ0) is 11.1. The number of rotatable bonds is 5. The molecule has 0 unspecified atom stereocenters. The van der Waals surface area contributed by atoms with Gasteiger partial charge in [-0.25, -0.2) is 0 Å². The van der Waals surface area contributed by atoms with Gasteiger partial charge in [-0.1, -0.05) is 12.2 Å². The number of nitrogens with zero attached hydrogens (tertiary/aromatic N) is 1. The van der Waals surface area contributed by atoms with Crippen LogP contribution in [0.5, 0.6) is 0 Å². The van der Waals surface area contributed by atoms with Crippen molar-refractivity contribution < 1.29 is 4.79 Å². The van der Waals surface area contributed by atoms with Crippen molar-refractivity contribution in [3.8, 4) is 0 Å². The van der Waals surface area contributed by atoms with Crippen molar-refractivity contribution in [2.45, 2.75) is 13.3 Å². The molecule has 1 aromatic heterocycles. The molecule has 0 saturated heterocycles. The van der Waals surface area contributed by atoms with E-state index in [2.05, 4.69) is 16.4 Å². The molecule has 0 fully saturated rings. The predicted molar refractivity (Wildman–Crippen MR) is 61.8 cm³/mol. The molecule has 1 rings (SSSR count). The van der Waals surface area contributed by atoms with Crippen molar-refractivity contribution in [2.24, 2.45) is 0 Å². The molecule has 15 heavy (non-hydrogen) atoms. The van der Waals surface area contributed by atoms with Gasteiger partial charge < -0.3 is 5.32 Å². The van der Waals surface area contributed by atoms with E-state index in [1.54, 1.807) is 19.3 Å². The van der Waals surface area contributed by atoms with Crippen molar-refractivity contribution in [1.29, 1.82) is 0 Å². The van der Waals surface area contributed by atoms with E-state index in [0.717, 1.165) is 18.5 Å². The maximum absolute atomic E-state index is 11.1. The highest BCUT2D eigenvalue weighted by molar-refractivity contribution is 5.94. The van der Waals surface area contributed by atoms with Crippen LogP contribution in [0.2, 0.25) is 0 Å². The van der Waals surface area contributed by atoms with Crippen LogP contribution in [-0.2, 0) is 0 Å². The van der Waals surface area contributed by atoms with E-state index < -0.39 is 0 Å². The van der Waals surface area contributed by atoms with E-state index in [-0.39, 0.29) is 5.78 Å². The first-order valence-corrected chi connectivity index (χ1v) is 5.01. The summed E-state index contributed by atoms with van der Waals surface area (Å²) in [4.78, 5) is 15.1. The molecule has 0 aliphatic heterocycles. The summed E-state index contributed by atoms with van der Waals surface area (Å²) in [5.74, 6) is 0.0491. The summed E-state index contributed by atoms with van der Waals surface area (Å²) in [5, 5.41) is 3.06. The minimum absolute atomic E-state index is 0.0491. The van der Waals surface area contributed by atoms with Gasteiger partial charge in [0.25, 0.3) is 0 Å². The van der Waals surface area contributed by atoms with Gasteiger partial charge in [0.1, 0.15) is 0 Å². The molecule has 0 aromatic carbocycles. The monoisotopic (exact) mass is 204 g/mol. The fraction of sp³-hybridized carbons (Fsp3) is 0.333. The number of nitrogens with one attached hydrogen (secondary N) is 1. The molecular weight excluding hydrogens is 188 g/mol. The first-order valence-electron chi connectivity index (χ1n) is 5.01. The van der Waals surface area contributed by atoms with Crippen molar-refractivity contribution in [3.63, 3.8) is 0 Å². The molecule has 1 N–H and O–H groups in total. The van der Waals surface area contributed by atoms with Crippen LogP contribution in [-0.4, -0.2) is 24.4 Å². The van der Waals surface area contributed by atoms with Gasteiger partial charge in [-0.2, -0.15) is 0 Å². The number of hydrogen-bond acceptors (Lipinski definition) is 3. The summed E-state index contributed by atoms with van der Waals surface area (Å²) in [6, 6.07) is 1.85. The fourth-order valence-electron chi connectivity index (χ4n) is 1.19. The zero-order valence-corrected chi connectivity index (χ0v) is 9.16. The van der Waals surface area contributed by atoms with Crippen molar-refractivity contribution in [3.05, 3.63) is 35.7 Å². The summed E-state index contributed by atoms with van der Waals surface area (Å²) in [7, 11) is 1.92. The van der Waals surface area contributed by atoms with Crippen LogP contribution in [0, 0.1) is 0 Å². The summed E-state index contributed by atoms with van der Waals surface area (Å²) >= 11 is 0. The average Bonchev–Trinajstić information content (AvgIpc) is 2.25. The van der Waals surface area contributed by atoms with Crippen LogP contribution in [0.4, 0.5) is 0 Å². The highest BCUT2D eigenvalue weighted by Crippen LogP contribution is 2.05. The Bertz CT molecular complexity index is 358.